The summed E-state index contributed by atoms with van der Waals surface area (Å²) >= 11 is 19.5. The minimum Gasteiger partial charge on any atom is -0.486 e. The van der Waals surface area contributed by atoms with Crippen LogP contribution in [0.5, 0.6) is 5.75 Å². The Morgan fingerprint density at radius 3 is 2.71 bits per heavy atom. The number of nitrogens with zero attached hydrogens (tertiary/aromatic N) is 1. The van der Waals surface area contributed by atoms with Crippen molar-refractivity contribution >= 4 is 46.1 Å². The molecule has 0 bridgehead atoms. The van der Waals surface area contributed by atoms with Crippen LogP contribution in [0.4, 0.5) is 0 Å². The van der Waals surface area contributed by atoms with Gasteiger partial charge in [-0.25, -0.2) is 4.98 Å². The molecule has 1 saturated carbocycles. The summed E-state index contributed by atoms with van der Waals surface area (Å²) in [7, 11) is 0. The fraction of sp³-hybridized carbons (Fsp3) is 0.357. The van der Waals surface area contributed by atoms with Crippen LogP contribution < -0.4 is 10.1 Å². The molecule has 112 valence electrons. The van der Waals surface area contributed by atoms with Crippen molar-refractivity contribution in [2.75, 3.05) is 0 Å². The summed E-state index contributed by atoms with van der Waals surface area (Å²) in [6.07, 6.45) is 2.55. The van der Waals surface area contributed by atoms with E-state index in [-0.39, 0.29) is 0 Å². The predicted molar refractivity (Wildman–Crippen MR) is 87.8 cm³/mol. The maximum atomic E-state index is 6.07. The van der Waals surface area contributed by atoms with E-state index in [1.165, 1.54) is 12.8 Å². The molecule has 1 fully saturated rings. The molecule has 1 aliphatic rings. The molecule has 1 heterocycles. The van der Waals surface area contributed by atoms with Crippen molar-refractivity contribution in [3.05, 3.63) is 43.3 Å². The summed E-state index contributed by atoms with van der Waals surface area (Å²) in [4.78, 5) is 4.52. The number of hydrogen-bond acceptors (Lipinski definition) is 4. The van der Waals surface area contributed by atoms with Crippen molar-refractivity contribution in [3.8, 4) is 5.75 Å². The highest BCUT2D eigenvalue weighted by Crippen LogP contribution is 2.34. The largest absolute Gasteiger partial charge is 0.486 e. The van der Waals surface area contributed by atoms with Crippen LogP contribution in [0.1, 0.15) is 23.5 Å². The number of aromatic nitrogens is 1. The molecule has 1 aliphatic carbocycles. The van der Waals surface area contributed by atoms with Gasteiger partial charge < -0.3 is 10.1 Å². The number of benzene rings is 1. The molecule has 2 aromatic rings. The first kappa shape index (κ1) is 15.4. The van der Waals surface area contributed by atoms with Crippen molar-refractivity contribution in [2.24, 2.45) is 0 Å². The molecule has 7 heteroatoms. The highest BCUT2D eigenvalue weighted by atomic mass is 35.5. The van der Waals surface area contributed by atoms with Gasteiger partial charge in [-0.1, -0.05) is 34.8 Å². The van der Waals surface area contributed by atoms with E-state index in [0.29, 0.717) is 33.5 Å². The molecule has 1 N–H and O–H groups in total. The van der Waals surface area contributed by atoms with E-state index in [9.17, 15) is 0 Å². The molecule has 0 saturated heterocycles. The Morgan fingerprint density at radius 1 is 1.19 bits per heavy atom. The van der Waals surface area contributed by atoms with E-state index in [1.54, 1.807) is 23.5 Å². The van der Waals surface area contributed by atoms with Gasteiger partial charge in [0, 0.05) is 24.0 Å². The van der Waals surface area contributed by atoms with Crippen LogP contribution >= 0.6 is 46.1 Å². The van der Waals surface area contributed by atoms with Crippen LogP contribution in [0.3, 0.4) is 0 Å². The second-order valence-electron chi connectivity index (χ2n) is 4.87. The molecule has 21 heavy (non-hydrogen) atoms. The summed E-state index contributed by atoms with van der Waals surface area (Å²) in [6, 6.07) is 3.88. The van der Waals surface area contributed by atoms with Gasteiger partial charge in [0.15, 0.2) is 0 Å². The summed E-state index contributed by atoms with van der Waals surface area (Å²) < 4.78 is 5.66. The lowest BCUT2D eigenvalue weighted by Gasteiger charge is -2.08. The molecule has 1 aromatic carbocycles. The van der Waals surface area contributed by atoms with E-state index in [1.807, 2.05) is 5.38 Å². The van der Waals surface area contributed by atoms with Crippen molar-refractivity contribution in [1.82, 2.24) is 10.3 Å². The molecule has 0 atom stereocenters. The summed E-state index contributed by atoms with van der Waals surface area (Å²) in [5, 5.41) is 7.78. The lowest BCUT2D eigenvalue weighted by Crippen LogP contribution is -2.15. The normalized spacial score (nSPS) is 14.4. The minimum atomic E-state index is 0.359. The number of halogens is 3. The van der Waals surface area contributed by atoms with Gasteiger partial charge in [-0.15, -0.1) is 11.3 Å². The molecular weight excluding hydrogens is 351 g/mol. The Morgan fingerprint density at radius 2 is 1.95 bits per heavy atom. The smallest absolute Gasteiger partial charge is 0.140 e. The van der Waals surface area contributed by atoms with Gasteiger partial charge in [0.25, 0.3) is 0 Å². The molecule has 3 nitrogen and oxygen atoms in total. The Hall–Kier alpha value is -0.520. The van der Waals surface area contributed by atoms with Crippen molar-refractivity contribution in [2.45, 2.75) is 32.0 Å². The first-order chi connectivity index (χ1) is 10.1. The first-order valence-corrected chi connectivity index (χ1v) is 8.57. The first-order valence-electron chi connectivity index (χ1n) is 6.56. The van der Waals surface area contributed by atoms with Crippen LogP contribution in [0.2, 0.25) is 15.1 Å². The zero-order valence-electron chi connectivity index (χ0n) is 11.0. The van der Waals surface area contributed by atoms with Gasteiger partial charge in [-0.05, 0) is 18.9 Å². The fourth-order valence-electron chi connectivity index (χ4n) is 1.78. The average molecular weight is 364 g/mol. The zero-order valence-corrected chi connectivity index (χ0v) is 14.1. The number of hydrogen-bond donors (Lipinski definition) is 1. The molecule has 0 aliphatic heterocycles. The molecule has 0 spiro atoms. The Kier molecular flexibility index (Phi) is 4.92. The SMILES string of the molecule is Clc1cc(Cl)c(OCc2csc(CNC3CC3)n2)cc1Cl. The summed E-state index contributed by atoms with van der Waals surface area (Å²) in [6.45, 7) is 1.18. The Balaban J connectivity index is 1.58. The van der Waals surface area contributed by atoms with Crippen LogP contribution in [0, 0.1) is 0 Å². The van der Waals surface area contributed by atoms with Gasteiger partial charge in [-0.3, -0.25) is 0 Å². The quantitative estimate of drug-likeness (QED) is 0.739. The molecule has 0 amide bonds. The van der Waals surface area contributed by atoms with Crippen LogP contribution in [-0.4, -0.2) is 11.0 Å². The summed E-state index contributed by atoms with van der Waals surface area (Å²) in [5.74, 6) is 0.511. The standard InChI is InChI=1S/C14H13Cl3N2OS/c15-10-3-12(17)13(4-11(10)16)20-6-9-7-21-14(19-9)5-18-8-1-2-8/h3-4,7-8,18H,1-2,5-6H2. The van der Waals surface area contributed by atoms with Gasteiger partial charge in [0.05, 0.1) is 20.8 Å². The maximum absolute atomic E-state index is 6.07. The van der Waals surface area contributed by atoms with E-state index in [0.717, 1.165) is 17.2 Å². The topological polar surface area (TPSA) is 34.1 Å². The van der Waals surface area contributed by atoms with E-state index in [2.05, 4.69) is 10.3 Å². The molecular formula is C14H13Cl3N2OS. The summed E-state index contributed by atoms with van der Waals surface area (Å²) in [5.41, 5.74) is 0.884. The highest BCUT2D eigenvalue weighted by Gasteiger charge is 2.20. The third kappa shape index (κ3) is 4.24. The van der Waals surface area contributed by atoms with Crippen LogP contribution in [0.15, 0.2) is 17.5 Å². The second kappa shape index (κ2) is 6.71. The zero-order chi connectivity index (χ0) is 14.8. The van der Waals surface area contributed by atoms with E-state index >= 15 is 0 Å². The van der Waals surface area contributed by atoms with Crippen molar-refractivity contribution < 1.29 is 4.74 Å². The van der Waals surface area contributed by atoms with Crippen LogP contribution in [-0.2, 0) is 13.2 Å². The minimum absolute atomic E-state index is 0.359. The van der Waals surface area contributed by atoms with Gasteiger partial charge in [-0.2, -0.15) is 0 Å². The number of rotatable bonds is 6. The molecule has 1 aromatic heterocycles. The monoisotopic (exact) mass is 362 g/mol. The van der Waals surface area contributed by atoms with Crippen LogP contribution in [0.25, 0.3) is 0 Å². The number of nitrogens with one attached hydrogen (secondary N) is 1. The van der Waals surface area contributed by atoms with Gasteiger partial charge in [0.2, 0.25) is 0 Å². The third-order valence-corrected chi connectivity index (χ3v) is 4.98. The lowest BCUT2D eigenvalue weighted by molar-refractivity contribution is 0.302. The van der Waals surface area contributed by atoms with Crippen molar-refractivity contribution in [3.63, 3.8) is 0 Å². The second-order valence-corrected chi connectivity index (χ2v) is 7.04. The predicted octanol–water partition coefficient (Wildman–Crippen LogP) is 4.93. The van der Waals surface area contributed by atoms with Crippen molar-refractivity contribution in [1.29, 1.82) is 0 Å². The third-order valence-electron chi connectivity index (χ3n) is 3.07. The van der Waals surface area contributed by atoms with Gasteiger partial charge >= 0.3 is 0 Å². The Labute approximate surface area is 142 Å². The highest BCUT2D eigenvalue weighted by molar-refractivity contribution is 7.09. The Bertz CT molecular complexity index is 643. The molecule has 0 unspecified atom stereocenters. The molecule has 0 radical (unpaired) electrons. The number of ether oxygens (including phenoxy) is 1. The fourth-order valence-corrected chi connectivity index (χ4v) is 3.10. The maximum Gasteiger partial charge on any atom is 0.140 e. The van der Waals surface area contributed by atoms with Gasteiger partial charge in [0.1, 0.15) is 17.4 Å². The number of thiazole rings is 1. The van der Waals surface area contributed by atoms with E-state index < -0.39 is 0 Å². The molecule has 3 rings (SSSR count). The average Bonchev–Trinajstić information content (AvgIpc) is 3.18. The lowest BCUT2D eigenvalue weighted by atomic mass is 10.3. The van der Waals surface area contributed by atoms with E-state index in [4.69, 9.17) is 39.5 Å².